The van der Waals surface area contributed by atoms with Crippen LogP contribution in [0.4, 0.5) is 0 Å². The highest BCUT2D eigenvalue weighted by Gasteiger charge is 2.32. The fourth-order valence-electron chi connectivity index (χ4n) is 1.88. The molecule has 16 heavy (non-hydrogen) atoms. The number of rotatable bonds is 5. The fourth-order valence-corrected chi connectivity index (χ4v) is 3.66. The molecule has 0 radical (unpaired) electrons. The van der Waals surface area contributed by atoms with Crippen LogP contribution in [0.3, 0.4) is 0 Å². The molecular weight excluding hydrogens is 228 g/mol. The molecule has 1 rings (SSSR count). The van der Waals surface area contributed by atoms with Gasteiger partial charge in [0, 0.05) is 19.5 Å². The largest absolute Gasteiger partial charge is 0.342 e. The van der Waals surface area contributed by atoms with Crippen LogP contribution >= 0.6 is 0 Å². The number of nitrogens with zero attached hydrogens (tertiary/aromatic N) is 1. The minimum Gasteiger partial charge on any atom is -0.342 e. The highest BCUT2D eigenvalue weighted by atomic mass is 32.2. The molecule has 0 saturated carbocycles. The quantitative estimate of drug-likeness (QED) is 0.681. The van der Waals surface area contributed by atoms with Crippen LogP contribution in [0.1, 0.15) is 25.7 Å². The van der Waals surface area contributed by atoms with Crippen molar-refractivity contribution in [3.63, 3.8) is 0 Å². The maximum absolute atomic E-state index is 11.7. The molecule has 5 nitrogen and oxygen atoms in total. The molecule has 0 bridgehead atoms. The van der Waals surface area contributed by atoms with E-state index in [1.165, 1.54) is 0 Å². The van der Waals surface area contributed by atoms with Crippen LogP contribution in [0.5, 0.6) is 0 Å². The van der Waals surface area contributed by atoms with Crippen LogP contribution in [-0.4, -0.2) is 50.4 Å². The molecule has 1 saturated heterocycles. The summed E-state index contributed by atoms with van der Waals surface area (Å²) in [6.45, 7) is 0.592. The summed E-state index contributed by atoms with van der Waals surface area (Å²) in [7, 11) is -1.22. The van der Waals surface area contributed by atoms with Gasteiger partial charge < -0.3 is 10.6 Å². The second-order valence-electron chi connectivity index (χ2n) is 4.31. The van der Waals surface area contributed by atoms with Crippen molar-refractivity contribution in [1.82, 2.24) is 4.90 Å². The van der Waals surface area contributed by atoms with Crippen LogP contribution in [0, 0.1) is 0 Å². The predicted molar refractivity (Wildman–Crippen MR) is 62.7 cm³/mol. The summed E-state index contributed by atoms with van der Waals surface area (Å²) in [4.78, 5) is 13.3. The number of hydrogen-bond donors (Lipinski definition) is 1. The van der Waals surface area contributed by atoms with Gasteiger partial charge in [-0.15, -0.1) is 0 Å². The molecule has 2 N–H and O–H groups in total. The molecule has 6 heteroatoms. The van der Waals surface area contributed by atoms with E-state index in [9.17, 15) is 13.2 Å². The van der Waals surface area contributed by atoms with E-state index in [2.05, 4.69) is 0 Å². The van der Waals surface area contributed by atoms with Gasteiger partial charge in [-0.1, -0.05) is 0 Å². The Bertz CT molecular complexity index is 340. The van der Waals surface area contributed by atoms with E-state index in [1.807, 2.05) is 0 Å². The van der Waals surface area contributed by atoms with E-state index < -0.39 is 9.84 Å². The smallest absolute Gasteiger partial charge is 0.222 e. The van der Waals surface area contributed by atoms with Crippen molar-refractivity contribution < 1.29 is 13.2 Å². The van der Waals surface area contributed by atoms with E-state index in [1.54, 1.807) is 11.9 Å². The first-order valence-corrected chi connectivity index (χ1v) is 7.44. The molecule has 0 aliphatic carbocycles. The number of sulfone groups is 1. The molecule has 1 aliphatic rings. The third-order valence-corrected chi connectivity index (χ3v) is 4.74. The summed E-state index contributed by atoms with van der Waals surface area (Å²) >= 11 is 0. The first-order chi connectivity index (χ1) is 7.46. The zero-order valence-electron chi connectivity index (χ0n) is 9.68. The molecule has 94 valence electrons. The van der Waals surface area contributed by atoms with Crippen molar-refractivity contribution in [3.05, 3.63) is 0 Å². The first-order valence-electron chi connectivity index (χ1n) is 5.62. The molecule has 1 atom stereocenters. The Kier molecular flexibility index (Phi) is 4.73. The van der Waals surface area contributed by atoms with Crippen molar-refractivity contribution in [3.8, 4) is 0 Å². The molecular formula is C10H20N2O3S. The van der Waals surface area contributed by atoms with E-state index in [-0.39, 0.29) is 23.5 Å². The van der Waals surface area contributed by atoms with Gasteiger partial charge in [0.2, 0.25) is 5.91 Å². The van der Waals surface area contributed by atoms with Crippen molar-refractivity contribution in [2.45, 2.75) is 31.7 Å². The lowest BCUT2D eigenvalue weighted by Crippen LogP contribution is -2.37. The van der Waals surface area contributed by atoms with Crippen LogP contribution in [0.25, 0.3) is 0 Å². The minimum atomic E-state index is -2.91. The monoisotopic (exact) mass is 248 g/mol. The van der Waals surface area contributed by atoms with Crippen molar-refractivity contribution in [2.75, 3.05) is 25.1 Å². The highest BCUT2D eigenvalue weighted by Crippen LogP contribution is 2.17. The maximum atomic E-state index is 11.7. The molecule has 0 spiro atoms. The third-order valence-electron chi connectivity index (χ3n) is 2.99. The lowest BCUT2D eigenvalue weighted by atomic mass is 10.2. The van der Waals surface area contributed by atoms with E-state index in [4.69, 9.17) is 5.73 Å². The van der Waals surface area contributed by atoms with Crippen molar-refractivity contribution in [1.29, 1.82) is 0 Å². The van der Waals surface area contributed by atoms with Gasteiger partial charge in [-0.05, 0) is 25.8 Å². The van der Waals surface area contributed by atoms with E-state index >= 15 is 0 Å². The Labute approximate surface area is 96.9 Å². The van der Waals surface area contributed by atoms with Gasteiger partial charge in [-0.2, -0.15) is 0 Å². The minimum absolute atomic E-state index is 0.0237. The fraction of sp³-hybridized carbons (Fsp3) is 0.900. The Morgan fingerprint density at radius 1 is 1.44 bits per heavy atom. The van der Waals surface area contributed by atoms with E-state index in [0.29, 0.717) is 19.4 Å². The van der Waals surface area contributed by atoms with Crippen LogP contribution in [-0.2, 0) is 14.6 Å². The summed E-state index contributed by atoms with van der Waals surface area (Å²) in [5.41, 5.74) is 5.34. The molecule has 1 aliphatic heterocycles. The van der Waals surface area contributed by atoms with Crippen LogP contribution in [0.2, 0.25) is 0 Å². The number of carbonyl (C=O) groups is 1. The highest BCUT2D eigenvalue weighted by molar-refractivity contribution is 7.91. The number of hydrogen-bond acceptors (Lipinski definition) is 4. The van der Waals surface area contributed by atoms with Gasteiger partial charge in [-0.25, -0.2) is 8.42 Å². The topological polar surface area (TPSA) is 80.5 Å². The molecule has 1 unspecified atom stereocenters. The van der Waals surface area contributed by atoms with Gasteiger partial charge in [-0.3, -0.25) is 4.79 Å². The predicted octanol–water partition coefficient (Wildman–Crippen LogP) is -0.239. The molecule has 1 fully saturated rings. The average Bonchev–Trinajstić information content (AvgIpc) is 2.58. The summed E-state index contributed by atoms with van der Waals surface area (Å²) in [5, 5.41) is 0. The lowest BCUT2D eigenvalue weighted by molar-refractivity contribution is -0.131. The second kappa shape index (κ2) is 5.63. The zero-order chi connectivity index (χ0) is 12.2. The SMILES string of the molecule is CN(C(=O)CCCCN)C1CCS(=O)(=O)C1. The molecule has 0 aromatic carbocycles. The zero-order valence-corrected chi connectivity index (χ0v) is 10.5. The average molecular weight is 248 g/mol. The summed E-state index contributed by atoms with van der Waals surface area (Å²) in [5.74, 6) is 0.347. The second-order valence-corrected chi connectivity index (χ2v) is 6.54. The summed E-state index contributed by atoms with van der Waals surface area (Å²) in [6, 6.07) is -0.129. The van der Waals surface area contributed by atoms with Gasteiger partial charge in [0.05, 0.1) is 11.5 Å². The maximum Gasteiger partial charge on any atom is 0.222 e. The normalized spacial score (nSPS) is 23.2. The van der Waals surface area contributed by atoms with Gasteiger partial charge in [0.25, 0.3) is 0 Å². The van der Waals surface area contributed by atoms with Gasteiger partial charge in [0.15, 0.2) is 9.84 Å². The molecule has 0 aromatic heterocycles. The first kappa shape index (κ1) is 13.4. The van der Waals surface area contributed by atoms with Gasteiger partial charge in [0.1, 0.15) is 0 Å². The Morgan fingerprint density at radius 2 is 2.12 bits per heavy atom. The molecule has 1 amide bonds. The Balaban J connectivity index is 2.40. The Morgan fingerprint density at radius 3 is 2.62 bits per heavy atom. The van der Waals surface area contributed by atoms with E-state index in [0.717, 1.165) is 12.8 Å². The third kappa shape index (κ3) is 3.75. The summed E-state index contributed by atoms with van der Waals surface area (Å²) in [6.07, 6.45) is 2.65. The van der Waals surface area contributed by atoms with Gasteiger partial charge >= 0.3 is 0 Å². The van der Waals surface area contributed by atoms with Crippen LogP contribution < -0.4 is 5.73 Å². The molecule has 1 heterocycles. The summed E-state index contributed by atoms with van der Waals surface area (Å²) < 4.78 is 22.5. The van der Waals surface area contributed by atoms with Crippen LogP contribution in [0.15, 0.2) is 0 Å². The number of unbranched alkanes of at least 4 members (excludes halogenated alkanes) is 1. The van der Waals surface area contributed by atoms with Crippen molar-refractivity contribution >= 4 is 15.7 Å². The number of nitrogens with two attached hydrogens (primary N) is 1. The van der Waals surface area contributed by atoms with Crippen molar-refractivity contribution in [2.24, 2.45) is 5.73 Å². The number of carbonyl (C=O) groups excluding carboxylic acids is 1. The Hall–Kier alpha value is -0.620. The molecule has 0 aromatic rings. The number of amides is 1. The lowest BCUT2D eigenvalue weighted by Gasteiger charge is -2.23. The standard InChI is InChI=1S/C10H20N2O3S/c1-12(10(13)4-2-3-6-11)9-5-7-16(14,15)8-9/h9H,2-8,11H2,1H3.